The molecule has 0 saturated heterocycles. The fourth-order valence-electron chi connectivity index (χ4n) is 2.51. The Bertz CT molecular complexity index is 777. The smallest absolute Gasteiger partial charge is 0.323 e. The van der Waals surface area contributed by atoms with Crippen LogP contribution in [0.1, 0.15) is 52.5 Å². The van der Waals surface area contributed by atoms with Crippen LogP contribution in [0.5, 0.6) is 11.5 Å². The van der Waals surface area contributed by atoms with Crippen molar-refractivity contribution in [2.75, 3.05) is 13.7 Å². The molecule has 9 heteroatoms. The Hall–Kier alpha value is -2.94. The van der Waals surface area contributed by atoms with Gasteiger partial charge in [0.05, 0.1) is 7.11 Å². The lowest BCUT2D eigenvalue weighted by molar-refractivity contribution is -0.148. The van der Waals surface area contributed by atoms with Crippen molar-refractivity contribution in [3.63, 3.8) is 0 Å². The highest BCUT2D eigenvalue weighted by atomic mass is 16.6. The Balaban J connectivity index is 3.00. The molecule has 0 fully saturated rings. The van der Waals surface area contributed by atoms with E-state index in [1.165, 1.54) is 13.2 Å². The van der Waals surface area contributed by atoms with Crippen LogP contribution in [-0.4, -0.2) is 49.7 Å². The van der Waals surface area contributed by atoms with E-state index in [0.29, 0.717) is 5.56 Å². The van der Waals surface area contributed by atoms with Crippen LogP contribution in [0.3, 0.4) is 0 Å². The number of carbonyl (C=O) groups is 4. The van der Waals surface area contributed by atoms with Crippen molar-refractivity contribution in [3.8, 4) is 11.5 Å². The highest BCUT2D eigenvalue weighted by Gasteiger charge is 2.22. The lowest BCUT2D eigenvalue weighted by Crippen LogP contribution is -2.43. The molecule has 2 atom stereocenters. The van der Waals surface area contributed by atoms with Gasteiger partial charge in [-0.3, -0.25) is 19.2 Å². The molecule has 0 aliphatic carbocycles. The zero-order valence-corrected chi connectivity index (χ0v) is 18.7. The van der Waals surface area contributed by atoms with E-state index < -0.39 is 30.1 Å². The predicted molar refractivity (Wildman–Crippen MR) is 112 cm³/mol. The van der Waals surface area contributed by atoms with Crippen molar-refractivity contribution in [2.45, 2.75) is 65.5 Å². The SMILES string of the molecule is CCC(=O)Oc1ccc(C[C@H](NCC(C)OC(=O)CC)C(=O)OC)cc1OC(=O)CC. The van der Waals surface area contributed by atoms with E-state index in [9.17, 15) is 19.2 Å². The van der Waals surface area contributed by atoms with Crippen molar-refractivity contribution in [1.29, 1.82) is 0 Å². The van der Waals surface area contributed by atoms with E-state index in [1.807, 2.05) is 0 Å². The molecule has 0 aromatic heterocycles. The summed E-state index contributed by atoms with van der Waals surface area (Å²) in [6.45, 7) is 6.96. The summed E-state index contributed by atoms with van der Waals surface area (Å²) in [5.74, 6) is -1.56. The van der Waals surface area contributed by atoms with E-state index >= 15 is 0 Å². The zero-order chi connectivity index (χ0) is 23.4. The second kappa shape index (κ2) is 13.4. The van der Waals surface area contributed by atoms with Crippen molar-refractivity contribution >= 4 is 23.9 Å². The van der Waals surface area contributed by atoms with Crippen LogP contribution in [0.2, 0.25) is 0 Å². The number of hydrogen-bond acceptors (Lipinski definition) is 9. The van der Waals surface area contributed by atoms with E-state index in [4.69, 9.17) is 18.9 Å². The maximum atomic E-state index is 12.2. The molecule has 172 valence electrons. The van der Waals surface area contributed by atoms with Gasteiger partial charge in [-0.05, 0) is 31.0 Å². The Morgan fingerprint density at radius 3 is 2.03 bits per heavy atom. The first-order valence-electron chi connectivity index (χ1n) is 10.3. The van der Waals surface area contributed by atoms with Crippen molar-refractivity contribution in [3.05, 3.63) is 23.8 Å². The molecule has 0 aliphatic rings. The summed E-state index contributed by atoms with van der Waals surface area (Å²) in [4.78, 5) is 47.1. The van der Waals surface area contributed by atoms with Gasteiger partial charge in [0.15, 0.2) is 11.5 Å². The first-order chi connectivity index (χ1) is 14.7. The van der Waals surface area contributed by atoms with E-state index in [-0.39, 0.29) is 49.7 Å². The number of methoxy groups -OCH3 is 1. The minimum atomic E-state index is -0.730. The van der Waals surface area contributed by atoms with Crippen LogP contribution in [0.25, 0.3) is 0 Å². The van der Waals surface area contributed by atoms with Gasteiger partial charge >= 0.3 is 23.9 Å². The minimum Gasteiger partial charge on any atom is -0.468 e. The standard InChI is InChI=1S/C22H31NO8/c1-6-19(24)29-14(4)13-23-16(22(27)28-5)11-15-9-10-17(30-20(25)7-2)18(12-15)31-21(26)8-3/h9-10,12,14,16,23H,6-8,11,13H2,1-5H3/t14?,16-/m0/s1. The first kappa shape index (κ1) is 26.1. The van der Waals surface area contributed by atoms with Gasteiger partial charge in [-0.25, -0.2) is 0 Å². The van der Waals surface area contributed by atoms with E-state index in [2.05, 4.69) is 5.32 Å². The summed E-state index contributed by atoms with van der Waals surface area (Å²) in [6.07, 6.45) is 0.347. The molecule has 0 saturated carbocycles. The van der Waals surface area contributed by atoms with Crippen LogP contribution in [-0.2, 0) is 35.1 Å². The van der Waals surface area contributed by atoms with E-state index in [1.54, 1.807) is 39.8 Å². The van der Waals surface area contributed by atoms with Gasteiger partial charge in [0.2, 0.25) is 0 Å². The number of esters is 4. The third kappa shape index (κ3) is 9.17. The quantitative estimate of drug-likeness (QED) is 0.388. The third-order valence-electron chi connectivity index (χ3n) is 4.23. The molecule has 0 bridgehead atoms. The lowest BCUT2D eigenvalue weighted by Gasteiger charge is -2.20. The van der Waals surface area contributed by atoms with Gasteiger partial charge < -0.3 is 24.3 Å². The Kier molecular flexibility index (Phi) is 11.3. The summed E-state index contributed by atoms with van der Waals surface area (Å²) in [5, 5.41) is 3.03. The van der Waals surface area contributed by atoms with Crippen molar-refractivity contribution < 1.29 is 38.1 Å². The largest absolute Gasteiger partial charge is 0.468 e. The third-order valence-corrected chi connectivity index (χ3v) is 4.23. The Labute approximate surface area is 182 Å². The number of nitrogens with one attached hydrogen (secondary N) is 1. The molecule has 1 aromatic carbocycles. The molecule has 0 aliphatic heterocycles. The second-order valence-electron chi connectivity index (χ2n) is 6.78. The van der Waals surface area contributed by atoms with Crippen molar-refractivity contribution in [2.24, 2.45) is 0 Å². The van der Waals surface area contributed by atoms with Crippen LogP contribution in [0.4, 0.5) is 0 Å². The Morgan fingerprint density at radius 1 is 0.903 bits per heavy atom. The molecule has 0 heterocycles. The summed E-state index contributed by atoms with van der Waals surface area (Å²) in [7, 11) is 1.28. The second-order valence-corrected chi connectivity index (χ2v) is 6.78. The van der Waals surface area contributed by atoms with Gasteiger partial charge in [-0.2, -0.15) is 0 Å². The molecular formula is C22H31NO8. The molecule has 0 spiro atoms. The highest BCUT2D eigenvalue weighted by molar-refractivity contribution is 5.77. The fourth-order valence-corrected chi connectivity index (χ4v) is 2.51. The normalized spacial score (nSPS) is 12.4. The number of hydrogen-bond donors (Lipinski definition) is 1. The number of ether oxygens (including phenoxy) is 4. The Morgan fingerprint density at radius 2 is 1.48 bits per heavy atom. The van der Waals surface area contributed by atoms with Gasteiger partial charge in [-0.1, -0.05) is 26.8 Å². The molecule has 1 rings (SSSR count). The number of benzene rings is 1. The van der Waals surface area contributed by atoms with Crippen LogP contribution in [0, 0.1) is 0 Å². The lowest BCUT2D eigenvalue weighted by atomic mass is 10.0. The summed E-state index contributed by atoms with van der Waals surface area (Å²) in [5.41, 5.74) is 0.649. The molecule has 1 aromatic rings. The summed E-state index contributed by atoms with van der Waals surface area (Å²) < 4.78 is 20.6. The molecule has 0 amide bonds. The maximum absolute atomic E-state index is 12.2. The molecule has 1 N–H and O–H groups in total. The average Bonchev–Trinajstić information content (AvgIpc) is 2.77. The van der Waals surface area contributed by atoms with Crippen LogP contribution in [0.15, 0.2) is 18.2 Å². The average molecular weight is 437 g/mol. The number of rotatable bonds is 12. The van der Waals surface area contributed by atoms with Gasteiger partial charge in [0.1, 0.15) is 12.1 Å². The fraction of sp³-hybridized carbons (Fsp3) is 0.545. The molecule has 0 radical (unpaired) electrons. The van der Waals surface area contributed by atoms with Gasteiger partial charge in [0.25, 0.3) is 0 Å². The van der Waals surface area contributed by atoms with Gasteiger partial charge in [0, 0.05) is 25.8 Å². The predicted octanol–water partition coefficient (Wildman–Crippen LogP) is 2.33. The molecule has 1 unspecified atom stereocenters. The molecule has 9 nitrogen and oxygen atoms in total. The van der Waals surface area contributed by atoms with Gasteiger partial charge in [-0.15, -0.1) is 0 Å². The minimum absolute atomic E-state index is 0.0972. The summed E-state index contributed by atoms with van der Waals surface area (Å²) >= 11 is 0. The molecular weight excluding hydrogens is 406 g/mol. The van der Waals surface area contributed by atoms with Crippen LogP contribution < -0.4 is 14.8 Å². The van der Waals surface area contributed by atoms with E-state index in [0.717, 1.165) is 0 Å². The zero-order valence-electron chi connectivity index (χ0n) is 18.7. The highest BCUT2D eigenvalue weighted by Crippen LogP contribution is 2.30. The monoisotopic (exact) mass is 437 g/mol. The topological polar surface area (TPSA) is 117 Å². The number of carbonyl (C=O) groups excluding carboxylic acids is 4. The molecule has 31 heavy (non-hydrogen) atoms. The van der Waals surface area contributed by atoms with Crippen LogP contribution >= 0.6 is 0 Å². The first-order valence-corrected chi connectivity index (χ1v) is 10.3. The summed E-state index contributed by atoms with van der Waals surface area (Å²) in [6, 6.07) is 4.00. The van der Waals surface area contributed by atoms with Crippen molar-refractivity contribution in [1.82, 2.24) is 5.32 Å². The maximum Gasteiger partial charge on any atom is 0.323 e.